The summed E-state index contributed by atoms with van der Waals surface area (Å²) < 4.78 is 10.9. The Morgan fingerprint density at radius 3 is 2.50 bits per heavy atom. The summed E-state index contributed by atoms with van der Waals surface area (Å²) in [5.41, 5.74) is 5.49. The highest BCUT2D eigenvalue weighted by molar-refractivity contribution is 6.40. The molecule has 32 heavy (non-hydrogen) atoms. The van der Waals surface area contributed by atoms with Crippen molar-refractivity contribution in [2.75, 3.05) is 12.4 Å². The topological polar surface area (TPSA) is 89.0 Å². The van der Waals surface area contributed by atoms with Gasteiger partial charge in [0.05, 0.1) is 19.0 Å². The van der Waals surface area contributed by atoms with E-state index < -0.39 is 11.8 Å². The first-order valence-corrected chi connectivity index (χ1v) is 10.1. The molecule has 0 saturated carbocycles. The minimum absolute atomic E-state index is 0.283. The molecule has 0 aliphatic heterocycles. The van der Waals surface area contributed by atoms with Crippen LogP contribution in [0.3, 0.4) is 0 Å². The Labute approximate surface area is 191 Å². The van der Waals surface area contributed by atoms with Gasteiger partial charge in [-0.1, -0.05) is 35.9 Å². The summed E-state index contributed by atoms with van der Waals surface area (Å²) in [5, 5.41) is 6.65. The molecule has 3 aromatic rings. The standard InChI is InChI=1S/C24H22ClN3O4/c1-16-5-3-4-6-18(16)15-32-20-10-7-17(8-11-20)14-26-28-24(30)23(29)27-21-13-19(25)9-12-22(21)31-2/h3-14H,15H2,1-2H3,(H,27,29)(H,28,30)/b26-14+. The van der Waals surface area contributed by atoms with E-state index in [0.717, 1.165) is 11.1 Å². The molecule has 3 rings (SSSR count). The largest absolute Gasteiger partial charge is 0.495 e. The molecule has 0 saturated heterocycles. The van der Waals surface area contributed by atoms with Gasteiger partial charge in [0.15, 0.2) is 0 Å². The molecule has 164 valence electrons. The van der Waals surface area contributed by atoms with E-state index in [1.54, 1.807) is 36.4 Å². The number of methoxy groups -OCH3 is 1. The molecule has 2 amide bonds. The molecule has 0 unspecified atom stereocenters. The molecule has 0 spiro atoms. The number of halogens is 1. The number of hydrazone groups is 1. The summed E-state index contributed by atoms with van der Waals surface area (Å²) in [6, 6.07) is 19.9. The molecule has 0 aromatic heterocycles. The molecule has 0 atom stereocenters. The third-order valence-corrected chi connectivity index (χ3v) is 4.77. The quantitative estimate of drug-likeness (QED) is 0.318. The third-order valence-electron chi connectivity index (χ3n) is 4.53. The number of nitrogens with one attached hydrogen (secondary N) is 2. The normalized spacial score (nSPS) is 10.6. The maximum atomic E-state index is 12.1. The minimum atomic E-state index is -0.929. The van der Waals surface area contributed by atoms with Gasteiger partial charge in [0.25, 0.3) is 0 Å². The van der Waals surface area contributed by atoms with Crippen LogP contribution in [0.1, 0.15) is 16.7 Å². The van der Waals surface area contributed by atoms with Crippen molar-refractivity contribution in [1.82, 2.24) is 5.43 Å². The number of ether oxygens (including phenoxy) is 2. The fourth-order valence-electron chi connectivity index (χ4n) is 2.76. The third kappa shape index (κ3) is 6.33. The van der Waals surface area contributed by atoms with Crippen LogP contribution < -0.4 is 20.2 Å². The Bertz CT molecular complexity index is 1130. The maximum Gasteiger partial charge on any atom is 0.329 e. The monoisotopic (exact) mass is 451 g/mol. The van der Waals surface area contributed by atoms with Crippen molar-refractivity contribution < 1.29 is 19.1 Å². The molecule has 0 fully saturated rings. The highest BCUT2D eigenvalue weighted by atomic mass is 35.5. The number of carbonyl (C=O) groups excluding carboxylic acids is 2. The average molecular weight is 452 g/mol. The molecule has 0 aliphatic rings. The zero-order valence-electron chi connectivity index (χ0n) is 17.6. The second kappa shape index (κ2) is 11.0. The molecule has 0 radical (unpaired) electrons. The van der Waals surface area contributed by atoms with Gasteiger partial charge >= 0.3 is 11.8 Å². The Kier molecular flexibility index (Phi) is 7.83. The van der Waals surface area contributed by atoms with Crippen LogP contribution in [0.4, 0.5) is 5.69 Å². The molecular weight excluding hydrogens is 430 g/mol. The van der Waals surface area contributed by atoms with Crippen molar-refractivity contribution in [3.05, 3.63) is 88.4 Å². The molecule has 0 bridgehead atoms. The Morgan fingerprint density at radius 1 is 1.03 bits per heavy atom. The van der Waals surface area contributed by atoms with E-state index in [2.05, 4.69) is 15.8 Å². The fourth-order valence-corrected chi connectivity index (χ4v) is 2.93. The molecule has 7 nitrogen and oxygen atoms in total. The van der Waals surface area contributed by atoms with E-state index in [1.807, 2.05) is 31.2 Å². The minimum Gasteiger partial charge on any atom is -0.495 e. The summed E-state index contributed by atoms with van der Waals surface area (Å²) in [6.45, 7) is 2.51. The van der Waals surface area contributed by atoms with Gasteiger partial charge in [0.2, 0.25) is 0 Å². The maximum absolute atomic E-state index is 12.1. The van der Waals surface area contributed by atoms with Crippen LogP contribution in [-0.4, -0.2) is 25.1 Å². The molecule has 0 aliphatic carbocycles. The predicted octanol–water partition coefficient (Wildman–Crippen LogP) is 4.32. The van der Waals surface area contributed by atoms with Crippen LogP contribution in [0.15, 0.2) is 71.8 Å². The second-order valence-electron chi connectivity index (χ2n) is 6.78. The van der Waals surface area contributed by atoms with Crippen molar-refractivity contribution >= 4 is 35.3 Å². The number of nitrogens with zero attached hydrogens (tertiary/aromatic N) is 1. The molecule has 0 heterocycles. The number of carbonyl (C=O) groups is 2. The first-order valence-electron chi connectivity index (χ1n) is 9.71. The van der Waals surface area contributed by atoms with Crippen molar-refractivity contribution in [3.63, 3.8) is 0 Å². The van der Waals surface area contributed by atoms with Crippen LogP contribution in [0, 0.1) is 6.92 Å². The molecule has 3 aromatic carbocycles. The zero-order chi connectivity index (χ0) is 22.9. The Balaban J connectivity index is 1.51. The first-order chi connectivity index (χ1) is 15.5. The van der Waals surface area contributed by atoms with E-state index in [4.69, 9.17) is 21.1 Å². The van der Waals surface area contributed by atoms with E-state index >= 15 is 0 Å². The molecular formula is C24H22ClN3O4. The number of aryl methyl sites for hydroxylation is 1. The number of hydrogen-bond acceptors (Lipinski definition) is 5. The lowest BCUT2D eigenvalue weighted by molar-refractivity contribution is -0.136. The number of anilines is 1. The van der Waals surface area contributed by atoms with E-state index in [-0.39, 0.29) is 5.69 Å². The lowest BCUT2D eigenvalue weighted by Crippen LogP contribution is -2.32. The van der Waals surface area contributed by atoms with Crippen LogP contribution in [-0.2, 0) is 16.2 Å². The van der Waals surface area contributed by atoms with Crippen LogP contribution in [0.2, 0.25) is 5.02 Å². The van der Waals surface area contributed by atoms with Crippen LogP contribution in [0.5, 0.6) is 11.5 Å². The van der Waals surface area contributed by atoms with Crippen molar-refractivity contribution in [3.8, 4) is 11.5 Å². The van der Waals surface area contributed by atoms with Crippen molar-refractivity contribution in [2.24, 2.45) is 5.10 Å². The Morgan fingerprint density at radius 2 is 1.78 bits per heavy atom. The van der Waals surface area contributed by atoms with E-state index in [1.165, 1.54) is 25.0 Å². The van der Waals surface area contributed by atoms with E-state index in [0.29, 0.717) is 23.1 Å². The van der Waals surface area contributed by atoms with Crippen LogP contribution >= 0.6 is 11.6 Å². The van der Waals surface area contributed by atoms with Gasteiger partial charge in [-0.25, -0.2) is 5.43 Å². The van der Waals surface area contributed by atoms with Gasteiger partial charge in [0, 0.05) is 5.02 Å². The second-order valence-corrected chi connectivity index (χ2v) is 7.22. The van der Waals surface area contributed by atoms with Gasteiger partial charge in [-0.15, -0.1) is 0 Å². The lowest BCUT2D eigenvalue weighted by Gasteiger charge is -2.09. The van der Waals surface area contributed by atoms with Gasteiger partial charge in [0.1, 0.15) is 18.1 Å². The summed E-state index contributed by atoms with van der Waals surface area (Å²) in [6.07, 6.45) is 1.43. The average Bonchev–Trinajstić information content (AvgIpc) is 2.79. The van der Waals surface area contributed by atoms with Gasteiger partial charge in [-0.3, -0.25) is 9.59 Å². The number of benzene rings is 3. The van der Waals surface area contributed by atoms with Gasteiger partial charge in [-0.2, -0.15) is 5.10 Å². The summed E-state index contributed by atoms with van der Waals surface area (Å²) in [5.74, 6) is -0.739. The molecule has 2 N–H and O–H groups in total. The number of rotatable bonds is 7. The zero-order valence-corrected chi connectivity index (χ0v) is 18.3. The predicted molar refractivity (Wildman–Crippen MR) is 124 cm³/mol. The lowest BCUT2D eigenvalue weighted by atomic mass is 10.1. The summed E-state index contributed by atoms with van der Waals surface area (Å²) in [7, 11) is 1.45. The van der Waals surface area contributed by atoms with Crippen molar-refractivity contribution in [1.29, 1.82) is 0 Å². The number of amides is 2. The van der Waals surface area contributed by atoms with Gasteiger partial charge < -0.3 is 14.8 Å². The van der Waals surface area contributed by atoms with E-state index in [9.17, 15) is 9.59 Å². The highest BCUT2D eigenvalue weighted by Gasteiger charge is 2.15. The van der Waals surface area contributed by atoms with Gasteiger partial charge in [-0.05, 0) is 66.1 Å². The Hall–Kier alpha value is -3.84. The fraction of sp³-hybridized carbons (Fsp3) is 0.125. The van der Waals surface area contributed by atoms with Crippen molar-refractivity contribution in [2.45, 2.75) is 13.5 Å². The smallest absolute Gasteiger partial charge is 0.329 e. The highest BCUT2D eigenvalue weighted by Crippen LogP contribution is 2.27. The SMILES string of the molecule is COc1ccc(Cl)cc1NC(=O)C(=O)N/N=C/c1ccc(OCc2ccccc2C)cc1. The molecule has 8 heteroatoms. The summed E-state index contributed by atoms with van der Waals surface area (Å²) >= 11 is 5.92. The summed E-state index contributed by atoms with van der Waals surface area (Å²) in [4.78, 5) is 24.1. The first kappa shape index (κ1) is 22.8. The van der Waals surface area contributed by atoms with Crippen LogP contribution in [0.25, 0.3) is 0 Å². The number of hydrogen-bond donors (Lipinski definition) is 2.